The Hall–Kier alpha value is -0.820. The van der Waals surface area contributed by atoms with E-state index in [1.54, 1.807) is 6.92 Å². The van der Waals surface area contributed by atoms with E-state index in [9.17, 15) is 4.79 Å². The molecule has 0 aliphatic carbocycles. The van der Waals surface area contributed by atoms with Crippen molar-refractivity contribution in [2.75, 3.05) is 0 Å². The molecule has 0 bridgehead atoms. The second-order valence-corrected chi connectivity index (χ2v) is 3.81. The number of carbonyl (C=O) groups is 1. The lowest BCUT2D eigenvalue weighted by atomic mass is 9.95. The van der Waals surface area contributed by atoms with Crippen molar-refractivity contribution >= 4 is 17.4 Å². The maximum Gasteiger partial charge on any atom is 0.157 e. The van der Waals surface area contributed by atoms with E-state index in [0.717, 1.165) is 5.56 Å². The first-order valence-electron chi connectivity index (χ1n) is 4.35. The molecule has 0 spiro atoms. The molecule has 0 aromatic heterocycles. The van der Waals surface area contributed by atoms with Crippen molar-refractivity contribution < 1.29 is 4.79 Å². The number of Topliss-reactive ketones (excluding diaryl/α,β-unsaturated/α-hetero) is 1. The molecule has 1 rings (SSSR count). The molecule has 1 aromatic rings. The van der Waals surface area contributed by atoms with Gasteiger partial charge < -0.3 is 0 Å². The number of hydrogen-bond acceptors (Lipinski definition) is 1. The largest absolute Gasteiger partial charge is 0.297 e. The number of ketones is 1. The Labute approximate surface area is 83.7 Å². The van der Waals surface area contributed by atoms with Crippen molar-refractivity contribution in [1.82, 2.24) is 0 Å². The van der Waals surface area contributed by atoms with Crippen LogP contribution in [0, 0.1) is 0 Å². The molecule has 2 unspecified atom stereocenters. The molecular weight excluding hydrogens is 184 g/mol. The van der Waals surface area contributed by atoms with E-state index in [1.807, 2.05) is 37.3 Å². The molecule has 0 aliphatic rings. The van der Waals surface area contributed by atoms with Crippen LogP contribution in [0.25, 0.3) is 0 Å². The summed E-state index contributed by atoms with van der Waals surface area (Å²) in [6.07, 6.45) is 0. The van der Waals surface area contributed by atoms with E-state index in [4.69, 9.17) is 11.6 Å². The van der Waals surface area contributed by atoms with Gasteiger partial charge in [0.25, 0.3) is 0 Å². The van der Waals surface area contributed by atoms with Gasteiger partial charge in [0.2, 0.25) is 0 Å². The van der Waals surface area contributed by atoms with Crippen LogP contribution < -0.4 is 0 Å². The summed E-state index contributed by atoms with van der Waals surface area (Å²) in [5, 5.41) is -0.407. The van der Waals surface area contributed by atoms with Crippen molar-refractivity contribution in [2.45, 2.75) is 25.1 Å². The standard InChI is InChI=1S/C11H13ClO/c1-8(11(13)9(2)12)10-6-4-3-5-7-10/h3-9H,1-2H3. The van der Waals surface area contributed by atoms with Crippen LogP contribution in [-0.2, 0) is 4.79 Å². The predicted octanol–water partition coefficient (Wildman–Crippen LogP) is 2.99. The summed E-state index contributed by atoms with van der Waals surface area (Å²) in [7, 11) is 0. The van der Waals surface area contributed by atoms with Gasteiger partial charge in [-0.1, -0.05) is 37.3 Å². The van der Waals surface area contributed by atoms with E-state index < -0.39 is 5.38 Å². The summed E-state index contributed by atoms with van der Waals surface area (Å²) in [6.45, 7) is 3.60. The minimum atomic E-state index is -0.407. The fourth-order valence-electron chi connectivity index (χ4n) is 1.25. The molecule has 0 amide bonds. The number of carbonyl (C=O) groups excluding carboxylic acids is 1. The zero-order chi connectivity index (χ0) is 9.84. The average Bonchev–Trinajstić information content (AvgIpc) is 2.17. The summed E-state index contributed by atoms with van der Waals surface area (Å²) in [5.74, 6) is -0.0263. The van der Waals surface area contributed by atoms with Gasteiger partial charge >= 0.3 is 0 Å². The first-order valence-corrected chi connectivity index (χ1v) is 4.79. The van der Waals surface area contributed by atoms with Crippen molar-refractivity contribution in [3.63, 3.8) is 0 Å². The molecule has 2 atom stereocenters. The van der Waals surface area contributed by atoms with Crippen LogP contribution in [-0.4, -0.2) is 11.2 Å². The van der Waals surface area contributed by atoms with Crippen LogP contribution in [0.5, 0.6) is 0 Å². The minimum absolute atomic E-state index is 0.0767. The third-order valence-corrected chi connectivity index (χ3v) is 2.33. The van der Waals surface area contributed by atoms with E-state index in [1.165, 1.54) is 0 Å². The maximum atomic E-state index is 11.5. The number of halogens is 1. The van der Waals surface area contributed by atoms with Gasteiger partial charge in [-0.15, -0.1) is 11.6 Å². The molecule has 1 aromatic carbocycles. The van der Waals surface area contributed by atoms with Crippen LogP contribution >= 0.6 is 11.6 Å². The molecule has 0 heterocycles. The fraction of sp³-hybridized carbons (Fsp3) is 0.364. The monoisotopic (exact) mass is 196 g/mol. The Morgan fingerprint density at radius 2 is 1.77 bits per heavy atom. The van der Waals surface area contributed by atoms with Crippen molar-refractivity contribution in [2.24, 2.45) is 0 Å². The van der Waals surface area contributed by atoms with E-state index in [0.29, 0.717) is 0 Å². The highest BCUT2D eigenvalue weighted by atomic mass is 35.5. The number of hydrogen-bond donors (Lipinski definition) is 0. The third-order valence-electron chi connectivity index (χ3n) is 2.12. The Bertz CT molecular complexity index is 279. The summed E-state index contributed by atoms with van der Waals surface area (Å²) >= 11 is 5.72. The minimum Gasteiger partial charge on any atom is -0.297 e. The van der Waals surface area contributed by atoms with Gasteiger partial charge in [0.15, 0.2) is 5.78 Å². The van der Waals surface area contributed by atoms with E-state index >= 15 is 0 Å². The molecular formula is C11H13ClO. The van der Waals surface area contributed by atoms with Crippen molar-refractivity contribution in [1.29, 1.82) is 0 Å². The lowest BCUT2D eigenvalue weighted by Crippen LogP contribution is -2.17. The lowest BCUT2D eigenvalue weighted by Gasteiger charge is -2.11. The zero-order valence-electron chi connectivity index (χ0n) is 7.83. The molecule has 2 heteroatoms. The topological polar surface area (TPSA) is 17.1 Å². The highest BCUT2D eigenvalue weighted by Gasteiger charge is 2.18. The van der Waals surface area contributed by atoms with E-state index in [-0.39, 0.29) is 11.7 Å². The quantitative estimate of drug-likeness (QED) is 0.680. The van der Waals surface area contributed by atoms with Gasteiger partial charge in [-0.2, -0.15) is 0 Å². The second kappa shape index (κ2) is 4.43. The number of alkyl halides is 1. The van der Waals surface area contributed by atoms with Crippen LogP contribution in [0.4, 0.5) is 0 Å². The number of rotatable bonds is 3. The summed E-state index contributed by atoms with van der Waals surface area (Å²) in [4.78, 5) is 11.5. The van der Waals surface area contributed by atoms with Crippen molar-refractivity contribution in [3.8, 4) is 0 Å². The zero-order valence-corrected chi connectivity index (χ0v) is 8.58. The smallest absolute Gasteiger partial charge is 0.157 e. The molecule has 0 saturated heterocycles. The van der Waals surface area contributed by atoms with Gasteiger partial charge in [0.1, 0.15) is 0 Å². The maximum absolute atomic E-state index is 11.5. The molecule has 0 N–H and O–H groups in total. The predicted molar refractivity (Wildman–Crippen MR) is 55.2 cm³/mol. The highest BCUT2D eigenvalue weighted by Crippen LogP contribution is 2.18. The molecule has 0 saturated carbocycles. The SMILES string of the molecule is CC(Cl)C(=O)C(C)c1ccccc1. The molecule has 1 nitrogen and oxygen atoms in total. The summed E-state index contributed by atoms with van der Waals surface area (Å²) in [5.41, 5.74) is 1.03. The molecule has 0 aliphatic heterocycles. The fourth-order valence-corrected chi connectivity index (χ4v) is 1.44. The summed E-state index contributed by atoms with van der Waals surface area (Å²) in [6, 6.07) is 9.69. The van der Waals surface area contributed by atoms with Crippen LogP contribution in [0.3, 0.4) is 0 Å². The van der Waals surface area contributed by atoms with Gasteiger partial charge in [0, 0.05) is 5.92 Å². The van der Waals surface area contributed by atoms with Gasteiger partial charge in [-0.3, -0.25) is 4.79 Å². The first-order chi connectivity index (χ1) is 6.13. The average molecular weight is 197 g/mol. The molecule has 0 radical (unpaired) electrons. The van der Waals surface area contributed by atoms with Gasteiger partial charge in [-0.25, -0.2) is 0 Å². The molecule has 70 valence electrons. The van der Waals surface area contributed by atoms with Crippen molar-refractivity contribution in [3.05, 3.63) is 35.9 Å². The van der Waals surface area contributed by atoms with Gasteiger partial charge in [0.05, 0.1) is 5.38 Å². The Kier molecular flexibility index (Phi) is 3.49. The number of benzene rings is 1. The third kappa shape index (κ3) is 2.56. The Morgan fingerprint density at radius 3 is 2.23 bits per heavy atom. The first kappa shape index (κ1) is 10.3. The Morgan fingerprint density at radius 1 is 1.23 bits per heavy atom. The Balaban J connectivity index is 2.80. The second-order valence-electron chi connectivity index (χ2n) is 3.15. The molecule has 13 heavy (non-hydrogen) atoms. The van der Waals surface area contributed by atoms with Crippen LogP contribution in [0.1, 0.15) is 25.3 Å². The summed E-state index contributed by atoms with van der Waals surface area (Å²) < 4.78 is 0. The van der Waals surface area contributed by atoms with Crippen LogP contribution in [0.2, 0.25) is 0 Å². The highest BCUT2D eigenvalue weighted by molar-refractivity contribution is 6.31. The van der Waals surface area contributed by atoms with E-state index in [2.05, 4.69) is 0 Å². The normalized spacial score (nSPS) is 15.0. The lowest BCUT2D eigenvalue weighted by molar-refractivity contribution is -0.119. The van der Waals surface area contributed by atoms with Crippen LogP contribution in [0.15, 0.2) is 30.3 Å². The molecule has 0 fully saturated rings. The van der Waals surface area contributed by atoms with Gasteiger partial charge in [-0.05, 0) is 12.5 Å².